The number of nitrogens with one attached hydrogen (secondary N) is 1. The van der Waals surface area contributed by atoms with Crippen LogP contribution in [0.5, 0.6) is 11.5 Å². The Morgan fingerprint density at radius 1 is 1.24 bits per heavy atom. The Morgan fingerprint density at radius 3 is 2.72 bits per heavy atom. The number of ether oxygens (including phenoxy) is 2. The number of aryl methyl sites for hydroxylation is 1. The molecular weight excluding hydrogens is 320 g/mol. The van der Waals surface area contributed by atoms with Gasteiger partial charge in [-0.2, -0.15) is 0 Å². The van der Waals surface area contributed by atoms with E-state index in [1.54, 1.807) is 18.1 Å². The number of methoxy groups -OCH3 is 1. The molecule has 3 rings (SSSR count). The number of fused-ring (bicyclic) bond motifs is 1. The number of carbonyl (C=O) groups is 2. The number of amides is 1. The number of rotatable bonds is 5. The number of hydrogen-bond donors (Lipinski definition) is 1. The Balaban J connectivity index is 1.62. The summed E-state index contributed by atoms with van der Waals surface area (Å²) >= 11 is 0. The van der Waals surface area contributed by atoms with E-state index in [1.807, 2.05) is 43.3 Å². The van der Waals surface area contributed by atoms with Crippen molar-refractivity contribution in [3.63, 3.8) is 0 Å². The summed E-state index contributed by atoms with van der Waals surface area (Å²) in [7, 11) is 1.61. The van der Waals surface area contributed by atoms with Crippen molar-refractivity contribution in [3.05, 3.63) is 53.6 Å². The summed E-state index contributed by atoms with van der Waals surface area (Å²) in [5, 5.41) is 2.87. The van der Waals surface area contributed by atoms with Gasteiger partial charge in [-0.05, 0) is 42.3 Å². The molecule has 0 aliphatic carbocycles. The van der Waals surface area contributed by atoms with Crippen molar-refractivity contribution in [2.45, 2.75) is 13.5 Å². The van der Waals surface area contributed by atoms with Crippen molar-refractivity contribution in [3.8, 4) is 11.5 Å². The Bertz CT molecular complexity index is 787. The number of hydrogen-bond acceptors (Lipinski definition) is 5. The lowest BCUT2D eigenvalue weighted by molar-refractivity contribution is -0.133. The highest BCUT2D eigenvalue weighted by molar-refractivity contribution is 5.89. The van der Waals surface area contributed by atoms with E-state index in [2.05, 4.69) is 5.32 Å². The molecule has 6 heteroatoms. The van der Waals surface area contributed by atoms with E-state index in [0.29, 0.717) is 12.3 Å². The molecule has 2 aromatic rings. The smallest absolute Gasteiger partial charge is 0.331 e. The van der Waals surface area contributed by atoms with Gasteiger partial charge < -0.3 is 19.7 Å². The lowest BCUT2D eigenvalue weighted by atomic mass is 10.1. The van der Waals surface area contributed by atoms with Crippen molar-refractivity contribution in [2.75, 3.05) is 25.1 Å². The van der Waals surface area contributed by atoms with E-state index in [0.717, 1.165) is 22.6 Å². The highest BCUT2D eigenvalue weighted by Crippen LogP contribution is 2.32. The van der Waals surface area contributed by atoms with Crippen LogP contribution in [0.4, 0.5) is 5.69 Å². The van der Waals surface area contributed by atoms with Crippen molar-refractivity contribution >= 4 is 17.6 Å². The predicted molar refractivity (Wildman–Crippen MR) is 93.9 cm³/mol. The molecule has 130 valence electrons. The van der Waals surface area contributed by atoms with E-state index in [-0.39, 0.29) is 25.0 Å². The van der Waals surface area contributed by atoms with Gasteiger partial charge >= 0.3 is 5.97 Å². The molecule has 0 fully saturated rings. The third-order valence-electron chi connectivity index (χ3n) is 3.98. The van der Waals surface area contributed by atoms with Gasteiger partial charge in [0.15, 0.2) is 5.75 Å². The van der Waals surface area contributed by atoms with Crippen molar-refractivity contribution in [2.24, 2.45) is 0 Å². The molecule has 0 saturated carbocycles. The number of anilines is 1. The molecule has 0 saturated heterocycles. The minimum atomic E-state index is -0.360. The second-order valence-electron chi connectivity index (χ2n) is 5.93. The van der Waals surface area contributed by atoms with Gasteiger partial charge in [0.1, 0.15) is 12.3 Å². The fourth-order valence-corrected chi connectivity index (χ4v) is 2.67. The minimum Gasteiger partial charge on any atom is -0.497 e. The number of carbonyl (C=O) groups excluding carboxylic acids is 2. The molecule has 0 atom stereocenters. The van der Waals surface area contributed by atoms with E-state index >= 15 is 0 Å². The molecule has 0 bridgehead atoms. The third kappa shape index (κ3) is 4.09. The van der Waals surface area contributed by atoms with Crippen LogP contribution in [0.3, 0.4) is 0 Å². The molecule has 1 N–H and O–H groups in total. The first-order valence-electron chi connectivity index (χ1n) is 8.01. The van der Waals surface area contributed by atoms with Crippen LogP contribution < -0.4 is 19.7 Å². The lowest BCUT2D eigenvalue weighted by Gasteiger charge is -2.29. The molecule has 1 aliphatic rings. The van der Waals surface area contributed by atoms with Gasteiger partial charge in [-0.1, -0.05) is 18.2 Å². The Hall–Kier alpha value is -3.02. The Kier molecular flexibility index (Phi) is 4.88. The fourth-order valence-electron chi connectivity index (χ4n) is 2.67. The quantitative estimate of drug-likeness (QED) is 0.666. The van der Waals surface area contributed by atoms with E-state index < -0.39 is 0 Å². The summed E-state index contributed by atoms with van der Waals surface area (Å²) in [4.78, 5) is 25.7. The third-order valence-corrected chi connectivity index (χ3v) is 3.98. The summed E-state index contributed by atoms with van der Waals surface area (Å²) in [6, 6.07) is 13.1. The van der Waals surface area contributed by atoms with E-state index in [4.69, 9.17) is 9.47 Å². The van der Waals surface area contributed by atoms with Crippen LogP contribution in [0.2, 0.25) is 0 Å². The van der Waals surface area contributed by atoms with Gasteiger partial charge in [0, 0.05) is 6.54 Å². The first-order valence-corrected chi connectivity index (χ1v) is 8.01. The normalized spacial score (nSPS) is 13.0. The van der Waals surface area contributed by atoms with Crippen LogP contribution in [-0.4, -0.2) is 32.1 Å². The van der Waals surface area contributed by atoms with Crippen LogP contribution in [-0.2, 0) is 16.1 Å². The zero-order valence-electron chi connectivity index (χ0n) is 14.2. The van der Waals surface area contributed by atoms with Crippen molar-refractivity contribution < 1.29 is 19.1 Å². The van der Waals surface area contributed by atoms with Gasteiger partial charge in [-0.25, -0.2) is 4.79 Å². The summed E-state index contributed by atoms with van der Waals surface area (Å²) in [5.41, 5.74) is 2.73. The number of benzene rings is 2. The molecule has 1 heterocycles. The molecule has 0 spiro atoms. The van der Waals surface area contributed by atoms with Crippen LogP contribution in [0.15, 0.2) is 42.5 Å². The van der Waals surface area contributed by atoms with Gasteiger partial charge in [0.2, 0.25) is 5.91 Å². The second kappa shape index (κ2) is 7.25. The van der Waals surface area contributed by atoms with Gasteiger partial charge in [0.05, 0.1) is 19.3 Å². The van der Waals surface area contributed by atoms with Crippen LogP contribution in [0.25, 0.3) is 0 Å². The maximum atomic E-state index is 12.3. The van der Waals surface area contributed by atoms with Crippen molar-refractivity contribution in [1.29, 1.82) is 0 Å². The molecule has 25 heavy (non-hydrogen) atoms. The first-order chi connectivity index (χ1) is 12.0. The number of nitrogens with zero attached hydrogens (tertiary/aromatic N) is 1. The van der Waals surface area contributed by atoms with Crippen LogP contribution in [0.1, 0.15) is 11.1 Å². The van der Waals surface area contributed by atoms with Gasteiger partial charge in [-0.3, -0.25) is 4.79 Å². The molecule has 1 amide bonds. The monoisotopic (exact) mass is 340 g/mol. The molecule has 0 unspecified atom stereocenters. The highest BCUT2D eigenvalue weighted by Gasteiger charge is 2.25. The van der Waals surface area contributed by atoms with Crippen LogP contribution >= 0.6 is 0 Å². The molecule has 1 aliphatic heterocycles. The predicted octanol–water partition coefficient (Wildman–Crippen LogP) is 2.05. The molecule has 2 aromatic carbocycles. The average Bonchev–Trinajstić information content (AvgIpc) is 2.60. The fraction of sp³-hybridized carbons (Fsp3) is 0.263. The SMILES string of the molecule is COc1ccc(CNC(=O)CN2CC(=O)Oc3cc(C)ccc32)cc1. The first kappa shape index (κ1) is 16.8. The molecular formula is C19H20N2O4. The summed E-state index contributed by atoms with van der Waals surface area (Å²) in [6.45, 7) is 2.50. The van der Waals surface area contributed by atoms with Crippen LogP contribution in [0, 0.1) is 6.92 Å². The van der Waals surface area contributed by atoms with Gasteiger partial charge in [-0.15, -0.1) is 0 Å². The maximum absolute atomic E-state index is 12.3. The summed E-state index contributed by atoms with van der Waals surface area (Å²) in [5.74, 6) is 0.756. The highest BCUT2D eigenvalue weighted by atomic mass is 16.5. The minimum absolute atomic E-state index is 0.0615. The Labute approximate surface area is 146 Å². The lowest BCUT2D eigenvalue weighted by Crippen LogP contribution is -2.43. The number of esters is 1. The maximum Gasteiger partial charge on any atom is 0.331 e. The van der Waals surface area contributed by atoms with Gasteiger partial charge in [0.25, 0.3) is 0 Å². The van der Waals surface area contributed by atoms with E-state index in [1.165, 1.54) is 0 Å². The molecule has 6 nitrogen and oxygen atoms in total. The molecule has 0 radical (unpaired) electrons. The van der Waals surface area contributed by atoms with E-state index in [9.17, 15) is 9.59 Å². The zero-order valence-corrected chi connectivity index (χ0v) is 14.2. The largest absolute Gasteiger partial charge is 0.497 e. The topological polar surface area (TPSA) is 67.9 Å². The average molecular weight is 340 g/mol. The van der Waals surface area contributed by atoms with Crippen molar-refractivity contribution in [1.82, 2.24) is 5.32 Å². The summed E-state index contributed by atoms with van der Waals surface area (Å²) in [6.07, 6.45) is 0. The zero-order chi connectivity index (χ0) is 17.8. The second-order valence-corrected chi connectivity index (χ2v) is 5.93. The summed E-state index contributed by atoms with van der Waals surface area (Å²) < 4.78 is 10.4. The Morgan fingerprint density at radius 2 is 2.00 bits per heavy atom. The standard InChI is InChI=1S/C19H20N2O4/c1-13-3-8-16-17(9-13)25-19(23)12-21(16)11-18(22)20-10-14-4-6-15(24-2)7-5-14/h3-9H,10-12H2,1-2H3,(H,20,22). The molecule has 0 aromatic heterocycles.